The molecule has 1 unspecified atom stereocenters. The van der Waals surface area contributed by atoms with Gasteiger partial charge in [0, 0.05) is 31.3 Å². The van der Waals surface area contributed by atoms with Crippen molar-refractivity contribution in [3.63, 3.8) is 0 Å². The molecule has 0 aliphatic carbocycles. The Morgan fingerprint density at radius 1 is 1.11 bits per heavy atom. The summed E-state index contributed by atoms with van der Waals surface area (Å²) >= 11 is 0. The monoisotopic (exact) mass is 384 g/mol. The second kappa shape index (κ2) is 7.88. The molecule has 2 heterocycles. The Labute approximate surface area is 162 Å². The Balaban J connectivity index is 1.33. The summed E-state index contributed by atoms with van der Waals surface area (Å²) in [6.07, 6.45) is 0.822. The molecule has 1 N–H and O–H groups in total. The minimum absolute atomic E-state index is 0.0376. The third-order valence-electron chi connectivity index (χ3n) is 4.98. The highest BCUT2D eigenvalue weighted by Gasteiger charge is 2.34. The number of hydrogen-bond donors (Lipinski definition) is 1. The molecule has 0 aromatic heterocycles. The van der Waals surface area contributed by atoms with Crippen molar-refractivity contribution >= 4 is 17.5 Å². The predicted octanol–water partition coefficient (Wildman–Crippen LogP) is 2.63. The number of hydrogen-bond acceptors (Lipinski definition) is 4. The van der Waals surface area contributed by atoms with Crippen LogP contribution in [0, 0.1) is 11.7 Å². The zero-order chi connectivity index (χ0) is 19.5. The predicted molar refractivity (Wildman–Crippen MR) is 101 cm³/mol. The van der Waals surface area contributed by atoms with Gasteiger partial charge in [0.05, 0.1) is 5.92 Å². The van der Waals surface area contributed by atoms with Crippen molar-refractivity contribution in [2.45, 2.75) is 12.8 Å². The fraction of sp³-hybridized carbons (Fsp3) is 0.333. The Kier molecular flexibility index (Phi) is 5.14. The van der Waals surface area contributed by atoms with Gasteiger partial charge in [-0.2, -0.15) is 0 Å². The van der Waals surface area contributed by atoms with Crippen LogP contribution in [0.4, 0.5) is 10.1 Å². The number of benzene rings is 2. The smallest absolute Gasteiger partial charge is 0.229 e. The number of ether oxygens (including phenoxy) is 2. The van der Waals surface area contributed by atoms with Crippen LogP contribution in [-0.2, 0) is 16.0 Å². The number of rotatable bonds is 5. The van der Waals surface area contributed by atoms with Crippen molar-refractivity contribution in [2.75, 3.05) is 31.6 Å². The molecule has 7 heteroatoms. The molecule has 2 aromatic rings. The van der Waals surface area contributed by atoms with Crippen LogP contribution in [0.25, 0.3) is 0 Å². The molecular weight excluding hydrogens is 363 g/mol. The summed E-state index contributed by atoms with van der Waals surface area (Å²) in [4.78, 5) is 26.5. The molecule has 0 bridgehead atoms. The highest BCUT2D eigenvalue weighted by molar-refractivity contribution is 5.97. The average molecular weight is 384 g/mol. The molecular formula is C21H21FN2O4. The second-order valence-corrected chi connectivity index (χ2v) is 6.96. The van der Waals surface area contributed by atoms with Crippen molar-refractivity contribution in [3.8, 4) is 11.5 Å². The van der Waals surface area contributed by atoms with E-state index in [2.05, 4.69) is 5.32 Å². The SMILES string of the molecule is O=C(Nc1ccc2c(c1)OCCO2)C1CC(=O)N(CCc2ccc(F)cc2)C1. The third kappa shape index (κ3) is 4.08. The highest BCUT2D eigenvalue weighted by atomic mass is 19.1. The summed E-state index contributed by atoms with van der Waals surface area (Å²) in [5, 5.41) is 2.86. The minimum atomic E-state index is -0.395. The first-order valence-electron chi connectivity index (χ1n) is 9.31. The molecule has 0 radical (unpaired) electrons. The summed E-state index contributed by atoms with van der Waals surface area (Å²) in [6.45, 7) is 1.88. The number of halogens is 1. The van der Waals surface area contributed by atoms with E-state index in [-0.39, 0.29) is 24.1 Å². The second-order valence-electron chi connectivity index (χ2n) is 6.96. The summed E-state index contributed by atoms with van der Waals surface area (Å²) < 4.78 is 24.0. The van der Waals surface area contributed by atoms with Crippen LogP contribution in [0.2, 0.25) is 0 Å². The van der Waals surface area contributed by atoms with Gasteiger partial charge >= 0.3 is 0 Å². The van der Waals surface area contributed by atoms with E-state index in [9.17, 15) is 14.0 Å². The number of fused-ring (bicyclic) bond motifs is 1. The van der Waals surface area contributed by atoms with Crippen LogP contribution in [0.5, 0.6) is 11.5 Å². The van der Waals surface area contributed by atoms with Gasteiger partial charge in [0.2, 0.25) is 11.8 Å². The van der Waals surface area contributed by atoms with Crippen LogP contribution < -0.4 is 14.8 Å². The van der Waals surface area contributed by atoms with Gasteiger partial charge in [0.25, 0.3) is 0 Å². The molecule has 2 aliphatic heterocycles. The van der Waals surface area contributed by atoms with Gasteiger partial charge in [0.1, 0.15) is 19.0 Å². The van der Waals surface area contributed by atoms with E-state index in [1.54, 1.807) is 35.2 Å². The first kappa shape index (κ1) is 18.3. The zero-order valence-corrected chi connectivity index (χ0v) is 15.3. The number of nitrogens with one attached hydrogen (secondary N) is 1. The molecule has 146 valence electrons. The van der Waals surface area contributed by atoms with Gasteiger partial charge in [-0.15, -0.1) is 0 Å². The highest BCUT2D eigenvalue weighted by Crippen LogP contribution is 2.33. The lowest BCUT2D eigenvalue weighted by Crippen LogP contribution is -2.30. The van der Waals surface area contributed by atoms with Gasteiger partial charge in [-0.3, -0.25) is 9.59 Å². The Morgan fingerprint density at radius 3 is 2.64 bits per heavy atom. The number of nitrogens with zero attached hydrogens (tertiary/aromatic N) is 1. The molecule has 2 amide bonds. The van der Waals surface area contributed by atoms with Gasteiger partial charge in [-0.05, 0) is 36.2 Å². The standard InChI is InChI=1S/C21H21FN2O4/c22-16-3-1-14(2-4-16)7-8-24-13-15(11-20(24)25)21(26)23-17-5-6-18-19(12-17)28-10-9-27-18/h1-6,12,15H,7-11,13H2,(H,23,26). The van der Waals surface area contributed by atoms with E-state index >= 15 is 0 Å². The normalized spacial score (nSPS) is 18.2. The van der Waals surface area contributed by atoms with Gasteiger partial charge < -0.3 is 19.7 Å². The Morgan fingerprint density at radius 2 is 1.86 bits per heavy atom. The van der Waals surface area contributed by atoms with E-state index in [4.69, 9.17) is 9.47 Å². The number of anilines is 1. The fourth-order valence-electron chi connectivity index (χ4n) is 3.44. The maximum Gasteiger partial charge on any atom is 0.229 e. The fourth-order valence-corrected chi connectivity index (χ4v) is 3.44. The number of likely N-dealkylation sites (tertiary alicyclic amines) is 1. The topological polar surface area (TPSA) is 67.9 Å². The van der Waals surface area contributed by atoms with E-state index in [0.29, 0.717) is 49.9 Å². The number of carbonyl (C=O) groups excluding carboxylic acids is 2. The Bertz CT molecular complexity index is 884. The molecule has 0 saturated carbocycles. The summed E-state index contributed by atoms with van der Waals surface area (Å²) in [5.74, 6) is 0.365. The van der Waals surface area contributed by atoms with Crippen LogP contribution in [0.1, 0.15) is 12.0 Å². The van der Waals surface area contributed by atoms with E-state index < -0.39 is 5.92 Å². The lowest BCUT2D eigenvalue weighted by molar-refractivity contribution is -0.128. The number of carbonyl (C=O) groups is 2. The summed E-state index contributed by atoms with van der Waals surface area (Å²) in [7, 11) is 0. The number of amides is 2. The average Bonchev–Trinajstić information content (AvgIpc) is 3.08. The maximum atomic E-state index is 13.0. The molecule has 4 rings (SSSR count). The summed E-state index contributed by atoms with van der Waals surface area (Å²) in [6, 6.07) is 11.5. The van der Waals surface area contributed by atoms with Crippen LogP contribution in [0.15, 0.2) is 42.5 Å². The molecule has 2 aliphatic rings. The molecule has 6 nitrogen and oxygen atoms in total. The van der Waals surface area contributed by atoms with E-state index in [0.717, 1.165) is 5.56 Å². The first-order chi connectivity index (χ1) is 13.6. The largest absolute Gasteiger partial charge is 0.486 e. The van der Waals surface area contributed by atoms with E-state index in [1.807, 2.05) is 0 Å². The molecule has 1 saturated heterocycles. The lowest BCUT2D eigenvalue weighted by atomic mass is 10.1. The van der Waals surface area contributed by atoms with Crippen LogP contribution in [0.3, 0.4) is 0 Å². The van der Waals surface area contributed by atoms with Crippen LogP contribution >= 0.6 is 0 Å². The van der Waals surface area contributed by atoms with Crippen molar-refractivity contribution in [3.05, 3.63) is 53.8 Å². The maximum absolute atomic E-state index is 13.0. The van der Waals surface area contributed by atoms with Crippen molar-refractivity contribution < 1.29 is 23.5 Å². The molecule has 0 spiro atoms. The summed E-state index contributed by atoms with van der Waals surface area (Å²) in [5.41, 5.74) is 1.57. The van der Waals surface area contributed by atoms with Crippen molar-refractivity contribution in [1.82, 2.24) is 4.90 Å². The first-order valence-corrected chi connectivity index (χ1v) is 9.31. The minimum Gasteiger partial charge on any atom is -0.486 e. The van der Waals surface area contributed by atoms with Crippen LogP contribution in [-0.4, -0.2) is 43.0 Å². The van der Waals surface area contributed by atoms with Gasteiger partial charge in [-0.1, -0.05) is 12.1 Å². The zero-order valence-electron chi connectivity index (χ0n) is 15.3. The molecule has 28 heavy (non-hydrogen) atoms. The van der Waals surface area contributed by atoms with Crippen molar-refractivity contribution in [2.24, 2.45) is 5.92 Å². The van der Waals surface area contributed by atoms with Gasteiger partial charge in [-0.25, -0.2) is 4.39 Å². The van der Waals surface area contributed by atoms with Gasteiger partial charge in [0.15, 0.2) is 11.5 Å². The quantitative estimate of drug-likeness (QED) is 0.861. The lowest BCUT2D eigenvalue weighted by Gasteiger charge is -2.19. The molecule has 1 atom stereocenters. The third-order valence-corrected chi connectivity index (χ3v) is 4.98. The molecule has 2 aromatic carbocycles. The van der Waals surface area contributed by atoms with E-state index in [1.165, 1.54) is 12.1 Å². The van der Waals surface area contributed by atoms with Crippen molar-refractivity contribution in [1.29, 1.82) is 0 Å². The Hall–Kier alpha value is -3.09. The molecule has 1 fully saturated rings.